The molecular formula is C24H28N2O3. The predicted octanol–water partition coefficient (Wildman–Crippen LogP) is 4.64. The quantitative estimate of drug-likeness (QED) is 0.810. The molecule has 2 aliphatic rings. The van der Waals surface area contributed by atoms with Gasteiger partial charge in [-0.2, -0.15) is 0 Å². The number of nitrogens with zero attached hydrogens (tertiary/aromatic N) is 1. The molecule has 4 rings (SSSR count). The average molecular weight is 392 g/mol. The lowest BCUT2D eigenvalue weighted by Gasteiger charge is -2.37. The van der Waals surface area contributed by atoms with Crippen LogP contribution in [-0.4, -0.2) is 35.9 Å². The Kier molecular flexibility index (Phi) is 5.31. The summed E-state index contributed by atoms with van der Waals surface area (Å²) >= 11 is 0. The normalized spacial score (nSPS) is 18.8. The first-order valence-corrected chi connectivity index (χ1v) is 10.4. The maximum absolute atomic E-state index is 13.2. The van der Waals surface area contributed by atoms with Gasteiger partial charge in [-0.05, 0) is 69.4 Å². The van der Waals surface area contributed by atoms with E-state index in [0.29, 0.717) is 29.2 Å². The Morgan fingerprint density at radius 2 is 1.83 bits per heavy atom. The van der Waals surface area contributed by atoms with Gasteiger partial charge in [-0.25, -0.2) is 0 Å². The molecule has 1 fully saturated rings. The van der Waals surface area contributed by atoms with Crippen molar-refractivity contribution in [2.75, 3.05) is 18.5 Å². The highest BCUT2D eigenvalue weighted by Crippen LogP contribution is 2.31. The third kappa shape index (κ3) is 3.86. The molecule has 2 heterocycles. The van der Waals surface area contributed by atoms with Crippen LogP contribution in [0.2, 0.25) is 0 Å². The molecule has 1 N–H and O–H groups in total. The van der Waals surface area contributed by atoms with Gasteiger partial charge in [-0.3, -0.25) is 9.59 Å². The molecule has 1 atom stereocenters. The van der Waals surface area contributed by atoms with E-state index >= 15 is 0 Å². The fourth-order valence-electron chi connectivity index (χ4n) is 4.66. The van der Waals surface area contributed by atoms with Gasteiger partial charge in [0.2, 0.25) is 0 Å². The van der Waals surface area contributed by atoms with Crippen molar-refractivity contribution in [1.82, 2.24) is 4.90 Å². The van der Waals surface area contributed by atoms with Gasteiger partial charge in [0, 0.05) is 30.3 Å². The molecule has 0 saturated carbocycles. The summed E-state index contributed by atoms with van der Waals surface area (Å²) in [6.07, 6.45) is 4.11. The van der Waals surface area contributed by atoms with Crippen LogP contribution in [0.25, 0.3) is 0 Å². The van der Waals surface area contributed by atoms with E-state index < -0.39 is 0 Å². The molecule has 1 unspecified atom stereocenters. The minimum Gasteiger partial charge on any atom is -0.493 e. The summed E-state index contributed by atoms with van der Waals surface area (Å²) in [6.45, 7) is 7.32. The van der Waals surface area contributed by atoms with Crippen LogP contribution in [0.5, 0.6) is 5.75 Å². The van der Waals surface area contributed by atoms with Crippen LogP contribution in [0.1, 0.15) is 63.1 Å². The molecule has 1 saturated heterocycles. The number of benzene rings is 2. The largest absolute Gasteiger partial charge is 0.493 e. The number of fused-ring (bicyclic) bond motifs is 2. The lowest BCUT2D eigenvalue weighted by molar-refractivity contribution is 0.0548. The monoisotopic (exact) mass is 392 g/mol. The first-order valence-electron chi connectivity index (χ1n) is 10.4. The minimum absolute atomic E-state index is 0.00296. The van der Waals surface area contributed by atoms with Gasteiger partial charge in [0.1, 0.15) is 5.75 Å². The highest BCUT2D eigenvalue weighted by Gasteiger charge is 2.31. The number of nitrogens with one attached hydrogen (secondary N) is 1. The molecule has 0 bridgehead atoms. The third-order valence-corrected chi connectivity index (χ3v) is 5.97. The Balaban J connectivity index is 1.62. The van der Waals surface area contributed by atoms with E-state index in [2.05, 4.69) is 5.32 Å². The molecule has 2 aliphatic heterocycles. The van der Waals surface area contributed by atoms with Crippen molar-refractivity contribution in [3.63, 3.8) is 0 Å². The van der Waals surface area contributed by atoms with Crippen LogP contribution in [0.15, 0.2) is 30.3 Å². The molecule has 2 aromatic rings. The second kappa shape index (κ2) is 7.90. The second-order valence-electron chi connectivity index (χ2n) is 8.22. The number of carbonyl (C=O) groups is 2. The van der Waals surface area contributed by atoms with Gasteiger partial charge < -0.3 is 15.0 Å². The van der Waals surface area contributed by atoms with E-state index in [-0.39, 0.29) is 17.9 Å². The zero-order valence-electron chi connectivity index (χ0n) is 17.4. The zero-order valence-corrected chi connectivity index (χ0v) is 17.4. The molecule has 2 amide bonds. The van der Waals surface area contributed by atoms with Gasteiger partial charge in [0.15, 0.2) is 0 Å². The first kappa shape index (κ1) is 19.5. The summed E-state index contributed by atoms with van der Waals surface area (Å²) in [6, 6.07) is 9.62. The smallest absolute Gasteiger partial charge is 0.257 e. The summed E-state index contributed by atoms with van der Waals surface area (Å²) < 4.78 is 5.88. The number of amides is 2. The molecule has 152 valence electrons. The van der Waals surface area contributed by atoms with Gasteiger partial charge in [0.05, 0.1) is 12.2 Å². The predicted molar refractivity (Wildman–Crippen MR) is 114 cm³/mol. The Bertz CT molecular complexity index is 944. The summed E-state index contributed by atoms with van der Waals surface area (Å²) in [5, 5.41) is 2.97. The number of carbonyl (C=O) groups excluding carboxylic acids is 2. The highest BCUT2D eigenvalue weighted by atomic mass is 16.5. The Labute approximate surface area is 172 Å². The van der Waals surface area contributed by atoms with Crippen LogP contribution in [0.4, 0.5) is 5.69 Å². The van der Waals surface area contributed by atoms with Crippen LogP contribution < -0.4 is 10.1 Å². The minimum atomic E-state index is -0.157. The number of rotatable bonds is 2. The third-order valence-electron chi connectivity index (χ3n) is 5.97. The number of hydrogen-bond donors (Lipinski definition) is 1. The SMILES string of the molecule is Cc1cc(C)c(C(=O)Nc2ccc3c(c2)C(=O)N2CCCCC2CCO3)c(C)c1. The van der Waals surface area contributed by atoms with E-state index in [9.17, 15) is 9.59 Å². The summed E-state index contributed by atoms with van der Waals surface area (Å²) in [4.78, 5) is 28.1. The van der Waals surface area contributed by atoms with Crippen molar-refractivity contribution in [3.05, 3.63) is 58.1 Å². The molecule has 5 heteroatoms. The number of aryl methyl sites for hydroxylation is 3. The van der Waals surface area contributed by atoms with Crippen molar-refractivity contribution in [2.45, 2.75) is 52.5 Å². The van der Waals surface area contributed by atoms with Crippen LogP contribution >= 0.6 is 0 Å². The second-order valence-corrected chi connectivity index (χ2v) is 8.22. The first-order chi connectivity index (χ1) is 13.9. The van der Waals surface area contributed by atoms with Crippen LogP contribution in [0.3, 0.4) is 0 Å². The summed E-state index contributed by atoms with van der Waals surface area (Å²) in [5.41, 5.74) is 4.85. The van der Waals surface area contributed by atoms with E-state index in [4.69, 9.17) is 4.74 Å². The average Bonchev–Trinajstić information content (AvgIpc) is 2.67. The molecule has 2 aromatic carbocycles. The molecule has 0 radical (unpaired) electrons. The molecular weight excluding hydrogens is 364 g/mol. The van der Waals surface area contributed by atoms with Gasteiger partial charge in [-0.15, -0.1) is 0 Å². The molecule has 5 nitrogen and oxygen atoms in total. The van der Waals surface area contributed by atoms with E-state index in [0.717, 1.165) is 48.9 Å². The van der Waals surface area contributed by atoms with E-state index in [1.807, 2.05) is 37.8 Å². The van der Waals surface area contributed by atoms with Crippen molar-refractivity contribution < 1.29 is 14.3 Å². The van der Waals surface area contributed by atoms with E-state index in [1.54, 1.807) is 18.2 Å². The van der Waals surface area contributed by atoms with Crippen LogP contribution in [0, 0.1) is 20.8 Å². The maximum atomic E-state index is 13.2. The van der Waals surface area contributed by atoms with Crippen LogP contribution in [-0.2, 0) is 0 Å². The lowest BCUT2D eigenvalue weighted by atomic mass is 9.97. The van der Waals surface area contributed by atoms with Crippen molar-refractivity contribution in [1.29, 1.82) is 0 Å². The van der Waals surface area contributed by atoms with Gasteiger partial charge >= 0.3 is 0 Å². The highest BCUT2D eigenvalue weighted by molar-refractivity contribution is 6.07. The summed E-state index contributed by atoms with van der Waals surface area (Å²) in [5.74, 6) is 0.443. The van der Waals surface area contributed by atoms with Gasteiger partial charge in [0.25, 0.3) is 11.8 Å². The maximum Gasteiger partial charge on any atom is 0.257 e. The lowest BCUT2D eigenvalue weighted by Crippen LogP contribution is -2.45. The standard InChI is InChI=1S/C24H28N2O3/c1-15-12-16(2)22(17(3)13-15)23(27)25-18-7-8-21-20(14-18)24(28)26-10-5-4-6-19(26)9-11-29-21/h7-8,12-14,19H,4-6,9-11H2,1-3H3,(H,25,27). The number of anilines is 1. The van der Waals surface area contributed by atoms with Crippen molar-refractivity contribution in [2.24, 2.45) is 0 Å². The Morgan fingerprint density at radius 3 is 2.59 bits per heavy atom. The number of hydrogen-bond acceptors (Lipinski definition) is 3. The molecule has 0 spiro atoms. The topological polar surface area (TPSA) is 58.6 Å². The van der Waals surface area contributed by atoms with Crippen molar-refractivity contribution in [3.8, 4) is 5.75 Å². The van der Waals surface area contributed by atoms with E-state index in [1.165, 1.54) is 0 Å². The molecule has 29 heavy (non-hydrogen) atoms. The number of piperidine rings is 1. The van der Waals surface area contributed by atoms with Gasteiger partial charge in [-0.1, -0.05) is 17.7 Å². The fraction of sp³-hybridized carbons (Fsp3) is 0.417. The molecule has 0 aromatic heterocycles. The Hall–Kier alpha value is -2.82. The fourth-order valence-corrected chi connectivity index (χ4v) is 4.66. The number of ether oxygens (including phenoxy) is 1. The Morgan fingerprint density at radius 1 is 1.07 bits per heavy atom. The van der Waals surface area contributed by atoms with Crippen molar-refractivity contribution >= 4 is 17.5 Å². The summed E-state index contributed by atoms with van der Waals surface area (Å²) in [7, 11) is 0. The zero-order chi connectivity index (χ0) is 20.5. The molecule has 0 aliphatic carbocycles.